The van der Waals surface area contributed by atoms with Gasteiger partial charge in [0.2, 0.25) is 16.8 Å². The maximum atomic E-state index is 12.9. The lowest BCUT2D eigenvalue weighted by atomic mass is 9.82. The van der Waals surface area contributed by atoms with Crippen molar-refractivity contribution in [2.45, 2.75) is 38.6 Å². The van der Waals surface area contributed by atoms with Crippen LogP contribution in [0.4, 0.5) is 0 Å². The lowest BCUT2D eigenvalue weighted by Crippen LogP contribution is -2.40. The normalized spacial score (nSPS) is 21.5. The summed E-state index contributed by atoms with van der Waals surface area (Å²) < 4.78 is 43.6. The van der Waals surface area contributed by atoms with Crippen molar-refractivity contribution in [3.05, 3.63) is 53.6 Å². The van der Waals surface area contributed by atoms with Crippen molar-refractivity contribution >= 4 is 16.0 Å². The molecular formula is C27H36N2O7S. The Balaban J connectivity index is 1.68. The summed E-state index contributed by atoms with van der Waals surface area (Å²) in [6, 6.07) is 12.6. The Bertz CT molecular complexity index is 1190. The Hall–Kier alpha value is -2.82. The van der Waals surface area contributed by atoms with Crippen molar-refractivity contribution in [3.63, 3.8) is 0 Å². The third-order valence-corrected chi connectivity index (χ3v) is 9.21. The maximum absolute atomic E-state index is 12.9. The van der Waals surface area contributed by atoms with Crippen LogP contribution in [0.15, 0.2) is 42.5 Å². The summed E-state index contributed by atoms with van der Waals surface area (Å²) in [6.45, 7) is 5.60. The van der Waals surface area contributed by atoms with Crippen LogP contribution in [0.2, 0.25) is 0 Å². The van der Waals surface area contributed by atoms with Crippen LogP contribution < -0.4 is 14.2 Å². The highest BCUT2D eigenvalue weighted by atomic mass is 32.2. The highest BCUT2D eigenvalue weighted by Crippen LogP contribution is 2.47. The predicted octanol–water partition coefficient (Wildman–Crippen LogP) is 3.72. The SMILES string of the molecule is CCCN(CCN1C[C@H](c2ccc3c(c2)OCO3)[C@H](C(=O)O)[C@H]1c1ccc(OC)cc1)S(=O)(=O)CCC. The van der Waals surface area contributed by atoms with Gasteiger partial charge in [-0.2, -0.15) is 0 Å². The molecule has 0 saturated carbocycles. The fourth-order valence-electron chi connectivity index (χ4n) is 5.41. The van der Waals surface area contributed by atoms with Gasteiger partial charge in [-0.3, -0.25) is 9.69 Å². The molecule has 2 aliphatic rings. The molecule has 202 valence electrons. The quantitative estimate of drug-likeness (QED) is 0.441. The lowest BCUT2D eigenvalue weighted by molar-refractivity contribution is -0.143. The number of nitrogens with zero attached hydrogens (tertiary/aromatic N) is 2. The molecular weight excluding hydrogens is 496 g/mol. The number of aliphatic carboxylic acids is 1. The van der Waals surface area contributed by atoms with Gasteiger partial charge in [-0.05, 0) is 48.2 Å². The number of ether oxygens (including phenoxy) is 3. The van der Waals surface area contributed by atoms with E-state index in [9.17, 15) is 18.3 Å². The molecule has 0 amide bonds. The van der Waals surface area contributed by atoms with Gasteiger partial charge in [0.05, 0.1) is 18.8 Å². The van der Waals surface area contributed by atoms with Crippen LogP contribution in [0.3, 0.4) is 0 Å². The van der Waals surface area contributed by atoms with Crippen LogP contribution in [0.25, 0.3) is 0 Å². The molecule has 2 aromatic rings. The zero-order chi connectivity index (χ0) is 26.6. The molecule has 1 fully saturated rings. The van der Waals surface area contributed by atoms with E-state index in [0.717, 1.165) is 11.1 Å². The van der Waals surface area contributed by atoms with Crippen LogP contribution in [0.1, 0.15) is 49.8 Å². The summed E-state index contributed by atoms with van der Waals surface area (Å²) in [6.07, 6.45) is 1.26. The Labute approximate surface area is 219 Å². The fourth-order valence-corrected chi connectivity index (χ4v) is 7.00. The zero-order valence-corrected chi connectivity index (χ0v) is 22.4. The van der Waals surface area contributed by atoms with E-state index in [1.165, 1.54) is 0 Å². The van der Waals surface area contributed by atoms with E-state index in [2.05, 4.69) is 4.90 Å². The van der Waals surface area contributed by atoms with Crippen molar-refractivity contribution in [1.29, 1.82) is 0 Å². The smallest absolute Gasteiger partial charge is 0.309 e. The van der Waals surface area contributed by atoms with Crippen molar-refractivity contribution in [1.82, 2.24) is 9.21 Å². The van der Waals surface area contributed by atoms with E-state index in [1.807, 2.05) is 56.3 Å². The van der Waals surface area contributed by atoms with E-state index in [0.29, 0.717) is 56.3 Å². The summed E-state index contributed by atoms with van der Waals surface area (Å²) in [5, 5.41) is 10.4. The Morgan fingerprint density at radius 1 is 1.05 bits per heavy atom. The number of hydrogen-bond acceptors (Lipinski definition) is 7. The van der Waals surface area contributed by atoms with Crippen LogP contribution in [-0.2, 0) is 14.8 Å². The zero-order valence-electron chi connectivity index (χ0n) is 21.6. The number of carboxylic acid groups (broad SMARTS) is 1. The minimum absolute atomic E-state index is 0.104. The van der Waals surface area contributed by atoms with Gasteiger partial charge in [0.15, 0.2) is 11.5 Å². The fraction of sp³-hybridized carbons (Fsp3) is 0.519. The summed E-state index contributed by atoms with van der Waals surface area (Å²) in [5.41, 5.74) is 1.72. The Morgan fingerprint density at radius 2 is 1.76 bits per heavy atom. The molecule has 37 heavy (non-hydrogen) atoms. The second-order valence-electron chi connectivity index (χ2n) is 9.51. The van der Waals surface area contributed by atoms with Crippen molar-refractivity contribution < 1.29 is 32.5 Å². The van der Waals surface area contributed by atoms with E-state index in [-0.39, 0.29) is 18.5 Å². The molecule has 0 aliphatic carbocycles. The van der Waals surface area contributed by atoms with Crippen molar-refractivity contribution in [3.8, 4) is 17.2 Å². The second kappa shape index (κ2) is 11.7. The van der Waals surface area contributed by atoms with Gasteiger partial charge in [0.25, 0.3) is 0 Å². The molecule has 1 N–H and O–H groups in total. The maximum Gasteiger partial charge on any atom is 0.309 e. The third kappa shape index (κ3) is 5.86. The number of methoxy groups -OCH3 is 1. The number of benzene rings is 2. The van der Waals surface area contributed by atoms with Crippen LogP contribution in [-0.4, -0.2) is 74.5 Å². The Morgan fingerprint density at radius 3 is 2.41 bits per heavy atom. The monoisotopic (exact) mass is 532 g/mol. The van der Waals surface area contributed by atoms with Crippen molar-refractivity contribution in [2.24, 2.45) is 5.92 Å². The largest absolute Gasteiger partial charge is 0.497 e. The molecule has 9 nitrogen and oxygen atoms in total. The average molecular weight is 533 g/mol. The number of likely N-dealkylation sites (tertiary alicyclic amines) is 1. The van der Waals surface area contributed by atoms with Gasteiger partial charge in [0.1, 0.15) is 5.75 Å². The van der Waals surface area contributed by atoms with Gasteiger partial charge >= 0.3 is 5.97 Å². The highest BCUT2D eigenvalue weighted by molar-refractivity contribution is 7.89. The molecule has 2 aromatic carbocycles. The minimum atomic E-state index is -3.38. The molecule has 1 saturated heterocycles. The topological polar surface area (TPSA) is 106 Å². The van der Waals surface area contributed by atoms with Gasteiger partial charge in [-0.1, -0.05) is 32.0 Å². The molecule has 0 radical (unpaired) electrons. The summed E-state index contributed by atoms with van der Waals surface area (Å²) in [5.74, 6) is 0.107. The molecule has 0 spiro atoms. The standard InChI is InChI=1S/C27H36N2O7S/c1-4-12-29(37(32,33)15-5-2)14-13-28-17-22(20-8-11-23-24(16-20)36-18-35-23)25(27(30)31)26(28)19-6-9-21(34-3)10-7-19/h6-11,16,22,25-26H,4-5,12-15,17-18H2,1-3H3,(H,30,31)/t22-,25+,26-/m1/s1. The number of hydrogen-bond donors (Lipinski definition) is 1. The number of rotatable bonds is 12. The first kappa shape index (κ1) is 27.2. The first-order valence-electron chi connectivity index (χ1n) is 12.8. The van der Waals surface area contributed by atoms with E-state index < -0.39 is 28.0 Å². The molecule has 10 heteroatoms. The molecule has 3 atom stereocenters. The molecule has 4 rings (SSSR count). The number of carbonyl (C=O) groups is 1. The molecule has 2 heterocycles. The van der Waals surface area contributed by atoms with Crippen LogP contribution >= 0.6 is 0 Å². The van der Waals surface area contributed by atoms with Gasteiger partial charge < -0.3 is 19.3 Å². The predicted molar refractivity (Wildman–Crippen MR) is 140 cm³/mol. The number of carboxylic acids is 1. The molecule has 2 aliphatic heterocycles. The highest BCUT2D eigenvalue weighted by Gasteiger charge is 2.47. The minimum Gasteiger partial charge on any atom is -0.497 e. The van der Waals surface area contributed by atoms with Gasteiger partial charge in [0, 0.05) is 38.1 Å². The first-order chi connectivity index (χ1) is 17.8. The lowest BCUT2D eigenvalue weighted by Gasteiger charge is -2.30. The van der Waals surface area contributed by atoms with Gasteiger partial charge in [-0.15, -0.1) is 0 Å². The molecule has 0 bridgehead atoms. The summed E-state index contributed by atoms with van der Waals surface area (Å²) in [4.78, 5) is 14.9. The van der Waals surface area contributed by atoms with Gasteiger partial charge in [-0.25, -0.2) is 12.7 Å². The number of sulfonamides is 1. The molecule has 0 aromatic heterocycles. The third-order valence-electron chi connectivity index (χ3n) is 7.13. The summed E-state index contributed by atoms with van der Waals surface area (Å²) >= 11 is 0. The van der Waals surface area contributed by atoms with Crippen molar-refractivity contribution in [2.75, 3.05) is 45.8 Å². The second-order valence-corrected chi connectivity index (χ2v) is 11.6. The van der Waals surface area contributed by atoms with E-state index in [4.69, 9.17) is 14.2 Å². The Kier molecular flexibility index (Phi) is 8.61. The number of fused-ring (bicyclic) bond motifs is 1. The average Bonchev–Trinajstić information content (AvgIpc) is 3.50. The van der Waals surface area contributed by atoms with Crippen LogP contribution in [0, 0.1) is 5.92 Å². The van der Waals surface area contributed by atoms with E-state index in [1.54, 1.807) is 11.4 Å². The first-order valence-corrected chi connectivity index (χ1v) is 14.4. The van der Waals surface area contributed by atoms with Crippen LogP contribution in [0.5, 0.6) is 17.2 Å². The molecule has 0 unspecified atom stereocenters. The van der Waals surface area contributed by atoms with E-state index >= 15 is 0 Å². The summed E-state index contributed by atoms with van der Waals surface area (Å²) in [7, 11) is -1.79.